The number of nitrogens with one attached hydrogen (secondary N) is 1. The zero-order chi connectivity index (χ0) is 25.4. The molecule has 1 amide bonds. The first-order valence-corrected chi connectivity index (χ1v) is 10.2. The minimum absolute atomic E-state index is 0.153. The Morgan fingerprint density at radius 3 is 2.09 bits per heavy atom. The zero-order valence-electron chi connectivity index (χ0n) is 19.4. The molecule has 0 aliphatic rings. The second kappa shape index (κ2) is 11.5. The van der Waals surface area contributed by atoms with Gasteiger partial charge in [0, 0.05) is 31.8 Å². The maximum atomic E-state index is 12.2. The number of anilines is 2. The number of rotatable bonds is 9. The number of azo groups is 1. The van der Waals surface area contributed by atoms with Gasteiger partial charge in [0.05, 0.1) is 30.4 Å². The lowest BCUT2D eigenvalue weighted by Gasteiger charge is -2.22. The first-order valence-electron chi connectivity index (χ1n) is 10.2. The topological polar surface area (TPSA) is 153 Å². The maximum Gasteiger partial charge on any atom is 0.344 e. The van der Waals surface area contributed by atoms with E-state index in [1.54, 1.807) is 18.2 Å². The number of carbonyl (C=O) groups is 3. The summed E-state index contributed by atoms with van der Waals surface area (Å²) < 4.78 is 9.30. The highest BCUT2D eigenvalue weighted by molar-refractivity contribution is 6.01. The first-order chi connectivity index (χ1) is 16.2. The van der Waals surface area contributed by atoms with Crippen LogP contribution in [0.5, 0.6) is 0 Å². The van der Waals surface area contributed by atoms with Crippen molar-refractivity contribution in [1.29, 1.82) is 0 Å². The van der Waals surface area contributed by atoms with E-state index in [-0.39, 0.29) is 22.8 Å². The summed E-state index contributed by atoms with van der Waals surface area (Å²) in [6.07, 6.45) is 0. The van der Waals surface area contributed by atoms with Crippen LogP contribution >= 0.6 is 0 Å². The van der Waals surface area contributed by atoms with Gasteiger partial charge in [-0.15, -0.1) is 10.2 Å². The van der Waals surface area contributed by atoms with Gasteiger partial charge in [0.25, 0.3) is 5.69 Å². The van der Waals surface area contributed by atoms with Crippen LogP contribution in [0.4, 0.5) is 28.4 Å². The third-order valence-corrected chi connectivity index (χ3v) is 4.81. The molecular formula is C22H25N5O7. The molecule has 0 aliphatic carbocycles. The van der Waals surface area contributed by atoms with Gasteiger partial charge in [-0.1, -0.05) is 0 Å². The highest BCUT2D eigenvalue weighted by Crippen LogP contribution is 2.34. The molecule has 12 nitrogen and oxygen atoms in total. The van der Waals surface area contributed by atoms with Crippen molar-refractivity contribution < 1.29 is 28.8 Å². The SMILES string of the molecule is CCN(CC)c1ccc(N=Nc2cc(C(=O)OC)c([N+](=O)[O-])cc2C(=O)OC)c(NC(C)=O)c1. The average molecular weight is 471 g/mol. The summed E-state index contributed by atoms with van der Waals surface area (Å²) in [7, 11) is 2.17. The molecule has 1 N–H and O–H groups in total. The molecule has 0 radical (unpaired) electrons. The molecule has 0 saturated heterocycles. The Morgan fingerprint density at radius 2 is 1.56 bits per heavy atom. The fourth-order valence-electron chi connectivity index (χ4n) is 3.15. The van der Waals surface area contributed by atoms with Gasteiger partial charge in [0.15, 0.2) is 0 Å². The predicted molar refractivity (Wildman–Crippen MR) is 124 cm³/mol. The van der Waals surface area contributed by atoms with Crippen LogP contribution < -0.4 is 10.2 Å². The second-order valence-corrected chi connectivity index (χ2v) is 6.88. The molecule has 2 aromatic carbocycles. The van der Waals surface area contributed by atoms with Crippen LogP contribution in [0, 0.1) is 10.1 Å². The number of hydrogen-bond acceptors (Lipinski definition) is 10. The van der Waals surface area contributed by atoms with E-state index in [1.165, 1.54) is 6.92 Å². The fraction of sp³-hybridized carbons (Fsp3) is 0.318. The van der Waals surface area contributed by atoms with E-state index in [0.29, 0.717) is 5.69 Å². The Kier molecular flexibility index (Phi) is 8.76. The fourth-order valence-corrected chi connectivity index (χ4v) is 3.15. The number of nitro groups is 1. The van der Waals surface area contributed by atoms with Crippen LogP contribution in [-0.4, -0.2) is 50.1 Å². The molecule has 34 heavy (non-hydrogen) atoms. The van der Waals surface area contributed by atoms with E-state index >= 15 is 0 Å². The van der Waals surface area contributed by atoms with Gasteiger partial charge in [-0.25, -0.2) is 9.59 Å². The third-order valence-electron chi connectivity index (χ3n) is 4.81. The normalized spacial score (nSPS) is 10.6. The van der Waals surface area contributed by atoms with Crippen molar-refractivity contribution in [3.8, 4) is 0 Å². The summed E-state index contributed by atoms with van der Waals surface area (Å²) >= 11 is 0. The molecule has 0 aliphatic heterocycles. The van der Waals surface area contributed by atoms with Crippen LogP contribution in [0.2, 0.25) is 0 Å². The lowest BCUT2D eigenvalue weighted by Crippen LogP contribution is -2.21. The smallest absolute Gasteiger partial charge is 0.344 e. The zero-order valence-corrected chi connectivity index (χ0v) is 19.4. The Morgan fingerprint density at radius 1 is 0.971 bits per heavy atom. The van der Waals surface area contributed by atoms with Crippen LogP contribution in [0.15, 0.2) is 40.6 Å². The molecule has 180 valence electrons. The predicted octanol–water partition coefficient (Wildman–Crippen LogP) is 4.39. The summed E-state index contributed by atoms with van der Waals surface area (Å²) in [4.78, 5) is 48.7. The molecule has 0 spiro atoms. The van der Waals surface area contributed by atoms with Crippen molar-refractivity contribution in [2.75, 3.05) is 37.5 Å². The number of hydrogen-bond donors (Lipinski definition) is 1. The van der Waals surface area contributed by atoms with E-state index in [9.17, 15) is 24.5 Å². The van der Waals surface area contributed by atoms with Gasteiger partial charge in [-0.3, -0.25) is 14.9 Å². The molecular weight excluding hydrogens is 446 g/mol. The summed E-state index contributed by atoms with van der Waals surface area (Å²) in [6, 6.07) is 7.07. The Balaban J connectivity index is 2.66. The van der Waals surface area contributed by atoms with Gasteiger partial charge in [-0.05, 0) is 38.1 Å². The molecule has 0 heterocycles. The molecule has 0 fully saturated rings. The van der Waals surface area contributed by atoms with Crippen LogP contribution in [-0.2, 0) is 14.3 Å². The van der Waals surface area contributed by atoms with Crippen molar-refractivity contribution in [1.82, 2.24) is 0 Å². The molecule has 0 unspecified atom stereocenters. The number of nitrogens with zero attached hydrogens (tertiary/aromatic N) is 4. The maximum absolute atomic E-state index is 12.2. The lowest BCUT2D eigenvalue weighted by molar-refractivity contribution is -0.385. The molecule has 0 bridgehead atoms. The van der Waals surface area contributed by atoms with E-state index in [2.05, 4.69) is 25.2 Å². The number of benzene rings is 2. The minimum Gasteiger partial charge on any atom is -0.465 e. The molecule has 2 aromatic rings. The van der Waals surface area contributed by atoms with Gasteiger partial charge in [0.1, 0.15) is 16.9 Å². The quantitative estimate of drug-likeness (QED) is 0.244. The summed E-state index contributed by atoms with van der Waals surface area (Å²) in [5.74, 6) is -2.22. The first kappa shape index (κ1) is 25.9. The number of esters is 2. The summed E-state index contributed by atoms with van der Waals surface area (Å²) in [6.45, 7) is 6.84. The van der Waals surface area contributed by atoms with E-state index in [0.717, 1.165) is 45.1 Å². The molecule has 0 saturated carbocycles. The number of carbonyl (C=O) groups excluding carboxylic acids is 3. The van der Waals surface area contributed by atoms with Crippen molar-refractivity contribution >= 4 is 46.3 Å². The molecule has 0 aromatic heterocycles. The van der Waals surface area contributed by atoms with Crippen LogP contribution in [0.3, 0.4) is 0 Å². The average Bonchev–Trinajstić information content (AvgIpc) is 2.82. The standard InChI is InChI=1S/C22H25N5O7/c1-6-26(7-2)14-8-9-17(19(10-14)23-13(3)28)24-25-18-11-16(22(30)34-5)20(27(31)32)12-15(18)21(29)33-4/h8-12H,6-7H2,1-5H3,(H,23,28). The van der Waals surface area contributed by atoms with Gasteiger partial charge in [-0.2, -0.15) is 0 Å². The van der Waals surface area contributed by atoms with Gasteiger partial charge in [0.2, 0.25) is 5.91 Å². The van der Waals surface area contributed by atoms with Gasteiger partial charge < -0.3 is 19.7 Å². The number of ether oxygens (including phenoxy) is 2. The van der Waals surface area contributed by atoms with Crippen molar-refractivity contribution in [3.63, 3.8) is 0 Å². The lowest BCUT2D eigenvalue weighted by atomic mass is 10.1. The third kappa shape index (κ3) is 5.91. The largest absolute Gasteiger partial charge is 0.465 e. The number of amides is 1. The Bertz CT molecular complexity index is 1140. The summed E-state index contributed by atoms with van der Waals surface area (Å²) in [5, 5.41) is 22.3. The van der Waals surface area contributed by atoms with Crippen LogP contribution in [0.1, 0.15) is 41.5 Å². The number of nitro benzene ring substituents is 1. The van der Waals surface area contributed by atoms with Crippen molar-refractivity contribution in [2.24, 2.45) is 10.2 Å². The van der Waals surface area contributed by atoms with Crippen LogP contribution in [0.25, 0.3) is 0 Å². The molecule has 0 atom stereocenters. The Hall–Kier alpha value is -4.35. The molecule has 12 heteroatoms. The van der Waals surface area contributed by atoms with E-state index in [4.69, 9.17) is 4.74 Å². The van der Waals surface area contributed by atoms with Crippen molar-refractivity contribution in [2.45, 2.75) is 20.8 Å². The molecule has 2 rings (SSSR count). The summed E-state index contributed by atoms with van der Waals surface area (Å²) in [5.41, 5.74) is 0.00851. The highest BCUT2D eigenvalue weighted by atomic mass is 16.6. The van der Waals surface area contributed by atoms with Crippen molar-refractivity contribution in [3.05, 3.63) is 51.6 Å². The second-order valence-electron chi connectivity index (χ2n) is 6.88. The Labute approximate surface area is 195 Å². The highest BCUT2D eigenvalue weighted by Gasteiger charge is 2.27. The van der Waals surface area contributed by atoms with E-state index < -0.39 is 28.1 Å². The number of methoxy groups -OCH3 is 2. The van der Waals surface area contributed by atoms with E-state index in [1.807, 2.05) is 13.8 Å². The van der Waals surface area contributed by atoms with Gasteiger partial charge >= 0.3 is 11.9 Å². The monoisotopic (exact) mass is 471 g/mol. The minimum atomic E-state index is -0.984.